The van der Waals surface area contributed by atoms with Gasteiger partial charge in [-0.2, -0.15) is 0 Å². The van der Waals surface area contributed by atoms with Crippen molar-refractivity contribution in [2.24, 2.45) is 0 Å². The maximum atomic E-state index is 13.3. The van der Waals surface area contributed by atoms with Gasteiger partial charge < -0.3 is 18.9 Å². The Kier molecular flexibility index (Phi) is 11.2. The van der Waals surface area contributed by atoms with Crippen LogP contribution in [0.3, 0.4) is 0 Å². The molecule has 0 radical (unpaired) electrons. The number of hydrogen-bond acceptors (Lipinski definition) is 6. The Bertz CT molecular complexity index is 1090. The van der Waals surface area contributed by atoms with Crippen LogP contribution in [-0.4, -0.2) is 61.1 Å². The average Bonchev–Trinajstić information content (AvgIpc) is 2.95. The van der Waals surface area contributed by atoms with Gasteiger partial charge in [0.15, 0.2) is 0 Å². The lowest BCUT2D eigenvalue weighted by Gasteiger charge is -2.30. The van der Waals surface area contributed by atoms with E-state index in [9.17, 15) is 14.0 Å². The number of benzene rings is 2. The van der Waals surface area contributed by atoms with Crippen LogP contribution in [0.5, 0.6) is 11.5 Å². The number of ether oxygens (including phenoxy) is 4. The van der Waals surface area contributed by atoms with Crippen LogP contribution in [0.2, 0.25) is 0 Å². The minimum absolute atomic E-state index is 0.0220. The molecule has 1 saturated carbocycles. The van der Waals surface area contributed by atoms with Crippen LogP contribution in [0, 0.1) is 11.8 Å². The van der Waals surface area contributed by atoms with Crippen LogP contribution in [0.4, 0.5) is 9.18 Å². The first kappa shape index (κ1) is 28.6. The number of hydrogen-bond donors (Lipinski definition) is 0. The third-order valence-corrected chi connectivity index (χ3v) is 6.74. The molecule has 4 rings (SSSR count). The minimum atomic E-state index is -0.693. The maximum absolute atomic E-state index is 13.3. The van der Waals surface area contributed by atoms with Gasteiger partial charge in [-0.15, -0.1) is 0 Å². The van der Waals surface area contributed by atoms with Gasteiger partial charge in [-0.25, -0.2) is 14.0 Å². The zero-order valence-corrected chi connectivity index (χ0v) is 22.1. The summed E-state index contributed by atoms with van der Waals surface area (Å²) < 4.78 is 36.2. The second-order valence-electron chi connectivity index (χ2n) is 9.85. The van der Waals surface area contributed by atoms with E-state index in [4.69, 9.17) is 18.9 Å². The molecule has 39 heavy (non-hydrogen) atoms. The summed E-state index contributed by atoms with van der Waals surface area (Å²) in [5.41, 5.74) is 0. The second kappa shape index (κ2) is 15.2. The summed E-state index contributed by atoms with van der Waals surface area (Å²) in [7, 11) is 0. The molecule has 0 aromatic heterocycles. The first-order chi connectivity index (χ1) is 19.0. The number of carbonyl (C=O) groups is 2. The molecule has 1 saturated heterocycles. The molecule has 0 unspecified atom stereocenters. The average molecular weight is 538 g/mol. The van der Waals surface area contributed by atoms with E-state index >= 15 is 0 Å². The van der Waals surface area contributed by atoms with Crippen LogP contribution >= 0.6 is 0 Å². The number of rotatable bonds is 9. The van der Waals surface area contributed by atoms with Gasteiger partial charge in [0, 0.05) is 13.0 Å². The number of halogens is 1. The zero-order valence-electron chi connectivity index (χ0n) is 22.1. The molecule has 2 fully saturated rings. The lowest BCUT2D eigenvalue weighted by molar-refractivity contribution is -0.135. The summed E-state index contributed by atoms with van der Waals surface area (Å²) in [6.07, 6.45) is 4.30. The lowest BCUT2D eigenvalue weighted by atomic mass is 9.96. The Balaban J connectivity index is 1.27. The van der Waals surface area contributed by atoms with Crippen LogP contribution in [0.1, 0.15) is 51.4 Å². The molecular formula is C31H36FNO6. The normalized spacial score (nSPS) is 22.7. The van der Waals surface area contributed by atoms with Gasteiger partial charge in [0.1, 0.15) is 30.3 Å². The molecule has 208 valence electrons. The largest absolute Gasteiger partial charge is 0.425 e. The lowest BCUT2D eigenvalue weighted by Crippen LogP contribution is -2.39. The predicted octanol–water partition coefficient (Wildman–Crippen LogP) is 5.72. The molecule has 2 atom stereocenters. The standard InChI is InChI=1S/C31H36FNO6/c32-24-17-19-25(20-18-24)36-23-29-16-9-15-26(37-29)14-7-8-21-33(31(35)39-28-12-5-2-6-13-28)22-30(34)38-27-10-3-1-4-11-27/h1-6,10-13,24-26,29H,8-9,15-23H2/t24?,25?,26-,29+/m1/s1. The summed E-state index contributed by atoms with van der Waals surface area (Å²) in [4.78, 5) is 26.7. The van der Waals surface area contributed by atoms with Crippen molar-refractivity contribution in [3.05, 3.63) is 60.7 Å². The van der Waals surface area contributed by atoms with Gasteiger partial charge in [0.25, 0.3) is 0 Å². The smallest absolute Gasteiger partial charge is 0.415 e. The number of alkyl halides is 1. The van der Waals surface area contributed by atoms with E-state index in [0.29, 0.717) is 37.4 Å². The Hall–Kier alpha value is -3.41. The fraction of sp³-hybridized carbons (Fsp3) is 0.484. The first-order valence-corrected chi connectivity index (χ1v) is 13.7. The molecule has 1 amide bonds. The number of carbonyl (C=O) groups excluding carboxylic acids is 2. The first-order valence-electron chi connectivity index (χ1n) is 13.7. The third kappa shape index (κ3) is 10.0. The molecule has 2 aliphatic rings. The van der Waals surface area contributed by atoms with Crippen molar-refractivity contribution in [1.82, 2.24) is 4.90 Å². The molecule has 0 bridgehead atoms. The monoisotopic (exact) mass is 537 g/mol. The van der Waals surface area contributed by atoms with Crippen LogP contribution in [0.15, 0.2) is 60.7 Å². The van der Waals surface area contributed by atoms with Crippen molar-refractivity contribution in [2.45, 2.75) is 75.9 Å². The third-order valence-electron chi connectivity index (χ3n) is 6.74. The number of esters is 1. The highest BCUT2D eigenvalue weighted by atomic mass is 19.1. The Morgan fingerprint density at radius 3 is 2.26 bits per heavy atom. The van der Waals surface area contributed by atoms with Crippen molar-refractivity contribution in [3.63, 3.8) is 0 Å². The van der Waals surface area contributed by atoms with Crippen molar-refractivity contribution < 1.29 is 32.9 Å². The van der Waals surface area contributed by atoms with E-state index in [1.54, 1.807) is 48.5 Å². The fourth-order valence-electron chi connectivity index (χ4n) is 4.63. The van der Waals surface area contributed by atoms with Gasteiger partial charge in [-0.3, -0.25) is 4.90 Å². The van der Waals surface area contributed by atoms with E-state index in [2.05, 4.69) is 11.8 Å². The molecular weight excluding hydrogens is 501 g/mol. The van der Waals surface area contributed by atoms with Gasteiger partial charge in [0.05, 0.1) is 18.8 Å². The Labute approximate surface area is 229 Å². The van der Waals surface area contributed by atoms with Crippen molar-refractivity contribution in [3.8, 4) is 23.3 Å². The van der Waals surface area contributed by atoms with Crippen molar-refractivity contribution in [2.75, 3.05) is 19.7 Å². The number of nitrogens with zero attached hydrogens (tertiary/aromatic N) is 1. The number of amides is 1. The molecule has 2 aromatic carbocycles. The molecule has 1 aliphatic carbocycles. The zero-order chi connectivity index (χ0) is 27.3. The van der Waals surface area contributed by atoms with Gasteiger partial charge in [-0.1, -0.05) is 48.2 Å². The van der Waals surface area contributed by atoms with E-state index < -0.39 is 18.2 Å². The van der Waals surface area contributed by atoms with Crippen molar-refractivity contribution >= 4 is 12.1 Å². The summed E-state index contributed by atoms with van der Waals surface area (Å²) in [6.45, 7) is 0.424. The van der Waals surface area contributed by atoms with E-state index in [-0.39, 0.29) is 31.4 Å². The van der Waals surface area contributed by atoms with E-state index in [0.717, 1.165) is 32.1 Å². The van der Waals surface area contributed by atoms with E-state index in [1.165, 1.54) is 4.90 Å². The van der Waals surface area contributed by atoms with Gasteiger partial charge in [0.2, 0.25) is 0 Å². The van der Waals surface area contributed by atoms with Gasteiger partial charge in [-0.05, 0) is 69.2 Å². The highest BCUT2D eigenvalue weighted by Gasteiger charge is 2.25. The summed E-state index contributed by atoms with van der Waals surface area (Å²) in [5, 5.41) is 0. The number of para-hydroxylation sites is 2. The summed E-state index contributed by atoms with van der Waals surface area (Å²) in [5.74, 6) is 6.48. The molecule has 0 spiro atoms. The molecule has 1 heterocycles. The Morgan fingerprint density at radius 2 is 1.56 bits per heavy atom. The minimum Gasteiger partial charge on any atom is -0.425 e. The molecule has 2 aromatic rings. The molecule has 7 nitrogen and oxygen atoms in total. The second-order valence-corrected chi connectivity index (χ2v) is 9.85. The summed E-state index contributed by atoms with van der Waals surface area (Å²) in [6, 6.07) is 17.4. The van der Waals surface area contributed by atoms with Crippen LogP contribution < -0.4 is 9.47 Å². The SMILES string of the molecule is O=C(CN(CCC#C[C@@H]1CCC[C@@H](COC2CCC(F)CC2)O1)C(=O)Oc1ccccc1)Oc1ccccc1. The maximum Gasteiger partial charge on any atom is 0.415 e. The summed E-state index contributed by atoms with van der Waals surface area (Å²) >= 11 is 0. The molecule has 8 heteroatoms. The highest BCUT2D eigenvalue weighted by molar-refractivity contribution is 5.80. The quantitative estimate of drug-likeness (QED) is 0.231. The molecule has 1 aliphatic heterocycles. The van der Waals surface area contributed by atoms with Crippen LogP contribution in [0.25, 0.3) is 0 Å². The van der Waals surface area contributed by atoms with Crippen molar-refractivity contribution in [1.29, 1.82) is 0 Å². The highest BCUT2D eigenvalue weighted by Crippen LogP contribution is 2.25. The van der Waals surface area contributed by atoms with Crippen LogP contribution in [-0.2, 0) is 14.3 Å². The topological polar surface area (TPSA) is 74.3 Å². The van der Waals surface area contributed by atoms with Gasteiger partial charge >= 0.3 is 12.1 Å². The van der Waals surface area contributed by atoms with E-state index in [1.807, 2.05) is 12.1 Å². The predicted molar refractivity (Wildman–Crippen MR) is 144 cm³/mol. The molecule has 0 N–H and O–H groups in total. The fourth-order valence-corrected chi connectivity index (χ4v) is 4.63. The Morgan fingerprint density at radius 1 is 0.897 bits per heavy atom.